The first-order valence-electron chi connectivity index (χ1n) is 18.0. The number of hydrogen-bond donors (Lipinski definition) is 0. The molecule has 0 nitrogen and oxygen atoms in total. The van der Waals surface area contributed by atoms with E-state index >= 15 is 0 Å². The molecule has 12 rings (SSSR count). The first-order chi connectivity index (χ1) is 25.8. The molecule has 0 aliphatic carbocycles. The second-order valence-electron chi connectivity index (χ2n) is 13.6. The molecule has 0 radical (unpaired) electrons. The van der Waals surface area contributed by atoms with Crippen LogP contribution in [0.2, 0.25) is 0 Å². The Morgan fingerprint density at radius 3 is 0.442 bits per heavy atom. The summed E-state index contributed by atoms with van der Waals surface area (Å²) in [7, 11) is 0. The topological polar surface area (TPSA) is 0 Å². The molecule has 0 bridgehead atoms. The van der Waals surface area contributed by atoms with Gasteiger partial charge in [-0.1, -0.05) is 206 Å². The van der Waals surface area contributed by atoms with Gasteiger partial charge in [-0.2, -0.15) is 0 Å². The Labute approximate surface area is 302 Å². The smallest absolute Gasteiger partial charge is 0.00268 e. The lowest BCUT2D eigenvalue weighted by Gasteiger charge is -2.09. The molecule has 0 heterocycles. The third kappa shape index (κ3) is 4.92. The molecule has 0 unspecified atom stereocenters. The van der Waals surface area contributed by atoms with Gasteiger partial charge in [0.2, 0.25) is 0 Å². The highest BCUT2D eigenvalue weighted by Gasteiger charge is 2.08. The fourth-order valence-corrected chi connectivity index (χ4v) is 8.39. The van der Waals surface area contributed by atoms with Gasteiger partial charge in [0.05, 0.1) is 0 Å². The molecule has 0 fully saturated rings. The summed E-state index contributed by atoms with van der Waals surface area (Å²) in [6, 6.07) is 73.8. The maximum atomic E-state index is 2.21. The van der Waals surface area contributed by atoms with Crippen LogP contribution in [0.4, 0.5) is 0 Å². The maximum Gasteiger partial charge on any atom is -0.00268 e. The minimum atomic E-state index is 1.34. The summed E-state index contributed by atoms with van der Waals surface area (Å²) in [4.78, 5) is 0. The molecule has 0 aliphatic rings. The zero-order valence-corrected chi connectivity index (χ0v) is 28.6. The molecule has 242 valence electrons. The Balaban J connectivity index is 0.0000000978. The average Bonchev–Trinajstić information content (AvgIpc) is 3.24. The highest BCUT2D eigenvalue weighted by molar-refractivity contribution is 6.26. The molecule has 12 aromatic rings. The number of rotatable bonds is 0. The van der Waals surface area contributed by atoms with Crippen molar-refractivity contribution in [2.75, 3.05) is 0 Å². The summed E-state index contributed by atoms with van der Waals surface area (Å²) >= 11 is 0. The van der Waals surface area contributed by atoms with Gasteiger partial charge in [-0.05, 0) is 97.0 Å². The van der Waals surface area contributed by atoms with Crippen molar-refractivity contribution in [3.63, 3.8) is 0 Å². The number of hydrogen-bond acceptors (Lipinski definition) is 0. The zero-order chi connectivity index (χ0) is 34.4. The Bertz CT molecular complexity index is 2520. The van der Waals surface area contributed by atoms with Crippen LogP contribution in [0.3, 0.4) is 0 Å². The van der Waals surface area contributed by atoms with Gasteiger partial charge in [0.1, 0.15) is 0 Å². The Kier molecular flexibility index (Phi) is 7.25. The molecule has 0 N–H and O–H groups in total. The Morgan fingerprint density at radius 2 is 0.288 bits per heavy atom. The van der Waals surface area contributed by atoms with Gasteiger partial charge < -0.3 is 0 Å². The molecule has 0 aromatic heterocycles. The molecule has 0 heteroatoms. The van der Waals surface area contributed by atoms with Gasteiger partial charge in [0.25, 0.3) is 0 Å². The van der Waals surface area contributed by atoms with E-state index in [0.29, 0.717) is 0 Å². The van der Waals surface area contributed by atoms with Crippen LogP contribution < -0.4 is 0 Å². The van der Waals surface area contributed by atoms with Gasteiger partial charge in [-0.25, -0.2) is 0 Å². The van der Waals surface area contributed by atoms with Crippen molar-refractivity contribution in [2.45, 2.75) is 0 Å². The number of fused-ring (bicyclic) bond motifs is 12. The normalized spacial score (nSPS) is 11.5. The van der Waals surface area contributed by atoms with E-state index in [2.05, 4.69) is 206 Å². The third-order valence-corrected chi connectivity index (χ3v) is 10.7. The van der Waals surface area contributed by atoms with E-state index < -0.39 is 0 Å². The monoisotopic (exact) mass is 658 g/mol. The van der Waals surface area contributed by atoms with E-state index in [1.54, 1.807) is 0 Å². The molecule has 0 atom stereocenters. The molecular formula is C52H34. The van der Waals surface area contributed by atoms with Crippen LogP contribution in [0.15, 0.2) is 206 Å². The van der Waals surface area contributed by atoms with Gasteiger partial charge in [-0.15, -0.1) is 0 Å². The first-order valence-corrected chi connectivity index (χ1v) is 18.0. The zero-order valence-electron chi connectivity index (χ0n) is 28.6. The van der Waals surface area contributed by atoms with Crippen molar-refractivity contribution in [3.8, 4) is 0 Å². The van der Waals surface area contributed by atoms with Crippen molar-refractivity contribution in [1.82, 2.24) is 0 Å². The van der Waals surface area contributed by atoms with E-state index in [0.717, 1.165) is 0 Å². The SMILES string of the molecule is c1cc2ccc3cccc4ccc(c1)c2c34.c1ccc2c(c1)c1ccccc1c1ccccc21.c1ccc2c(c1)c1ccccc1c1ccccc21. The predicted octanol–water partition coefficient (Wildman–Crippen LogP) is 14.9. The molecule has 12 aromatic carbocycles. The van der Waals surface area contributed by atoms with E-state index in [1.807, 2.05) is 0 Å². The van der Waals surface area contributed by atoms with Gasteiger partial charge in [0, 0.05) is 0 Å². The fourth-order valence-electron chi connectivity index (χ4n) is 8.39. The molecule has 0 aliphatic heterocycles. The van der Waals surface area contributed by atoms with Crippen LogP contribution in [0, 0.1) is 0 Å². The van der Waals surface area contributed by atoms with Crippen LogP contribution in [0.25, 0.3) is 97.0 Å². The summed E-state index contributed by atoms with van der Waals surface area (Å²) in [5.41, 5.74) is 0. The maximum absolute atomic E-state index is 2.21. The summed E-state index contributed by atoms with van der Waals surface area (Å²) in [5, 5.41) is 24.2. The Hall–Kier alpha value is -6.76. The highest BCUT2D eigenvalue weighted by atomic mass is 14.1. The molecule has 0 saturated heterocycles. The average molecular weight is 659 g/mol. The summed E-state index contributed by atoms with van der Waals surface area (Å²) in [5.74, 6) is 0. The van der Waals surface area contributed by atoms with E-state index in [9.17, 15) is 0 Å². The lowest BCUT2D eigenvalue weighted by molar-refractivity contribution is 1.77. The van der Waals surface area contributed by atoms with E-state index in [-0.39, 0.29) is 0 Å². The largest absolute Gasteiger partial charge is 0.0616 e. The van der Waals surface area contributed by atoms with Crippen LogP contribution in [-0.2, 0) is 0 Å². The van der Waals surface area contributed by atoms with Crippen LogP contribution in [0.5, 0.6) is 0 Å². The second-order valence-corrected chi connectivity index (χ2v) is 13.6. The predicted molar refractivity (Wildman–Crippen MR) is 228 cm³/mol. The quantitative estimate of drug-likeness (QED) is 0.142. The fraction of sp³-hybridized carbons (Fsp3) is 0. The molecule has 52 heavy (non-hydrogen) atoms. The van der Waals surface area contributed by atoms with Crippen molar-refractivity contribution >= 4 is 97.0 Å². The minimum absolute atomic E-state index is 1.34. The second kappa shape index (κ2) is 12.5. The van der Waals surface area contributed by atoms with E-state index in [1.165, 1.54) is 97.0 Å². The van der Waals surface area contributed by atoms with Gasteiger partial charge in [0.15, 0.2) is 0 Å². The first kappa shape index (κ1) is 30.1. The van der Waals surface area contributed by atoms with Crippen molar-refractivity contribution in [1.29, 1.82) is 0 Å². The molecule has 0 saturated carbocycles. The minimum Gasteiger partial charge on any atom is -0.0616 e. The molecule has 0 spiro atoms. The molecule has 0 amide bonds. The highest BCUT2D eigenvalue weighted by Crippen LogP contribution is 2.36. The van der Waals surface area contributed by atoms with E-state index in [4.69, 9.17) is 0 Å². The summed E-state index contributed by atoms with van der Waals surface area (Å²) in [6.45, 7) is 0. The van der Waals surface area contributed by atoms with Gasteiger partial charge in [-0.3, -0.25) is 0 Å². The summed E-state index contributed by atoms with van der Waals surface area (Å²) < 4.78 is 0. The van der Waals surface area contributed by atoms with Crippen LogP contribution >= 0.6 is 0 Å². The van der Waals surface area contributed by atoms with Gasteiger partial charge >= 0.3 is 0 Å². The van der Waals surface area contributed by atoms with Crippen LogP contribution in [0.1, 0.15) is 0 Å². The van der Waals surface area contributed by atoms with Crippen molar-refractivity contribution < 1.29 is 0 Å². The van der Waals surface area contributed by atoms with Crippen molar-refractivity contribution in [2.24, 2.45) is 0 Å². The lowest BCUT2D eigenvalue weighted by Crippen LogP contribution is -1.82. The summed E-state index contributed by atoms with van der Waals surface area (Å²) in [6.07, 6.45) is 0. The standard InChI is InChI=1S/2C18H12.C16H10/c2*1-2-8-14-13(7-1)15-9-3-4-11-17(15)18-12-6-5-10-16(14)18;1-3-11-7-9-13-5-2-6-14-10-8-12(4-1)15(11)16(13)14/h2*1-12H;1-10H. The third-order valence-electron chi connectivity index (χ3n) is 10.7. The molecular weight excluding hydrogens is 625 g/mol. The number of benzene rings is 12. The Morgan fingerprint density at radius 1 is 0.135 bits per heavy atom. The van der Waals surface area contributed by atoms with Crippen LogP contribution in [-0.4, -0.2) is 0 Å². The lowest BCUT2D eigenvalue weighted by atomic mass is 9.95. The van der Waals surface area contributed by atoms with Crippen molar-refractivity contribution in [3.05, 3.63) is 206 Å².